The van der Waals surface area contributed by atoms with Gasteiger partial charge in [-0.1, -0.05) is 77.7 Å². The van der Waals surface area contributed by atoms with Crippen LogP contribution in [-0.2, 0) is 13.1 Å². The number of ether oxygens (including phenoxy) is 2. The van der Waals surface area contributed by atoms with Gasteiger partial charge in [-0.05, 0) is 24.1 Å². The second kappa shape index (κ2) is 17.0. The van der Waals surface area contributed by atoms with Crippen molar-refractivity contribution in [3.8, 4) is 11.5 Å². The predicted molar refractivity (Wildman–Crippen MR) is 138 cm³/mol. The second-order valence-electron chi connectivity index (χ2n) is 9.02. The molecule has 2 aromatic rings. The summed E-state index contributed by atoms with van der Waals surface area (Å²) >= 11 is 0. The van der Waals surface area contributed by atoms with E-state index in [1.807, 2.05) is 42.7 Å². The number of amides is 1. The SMILES string of the molecule is CCCCCCCCCCCCOc1ccc(CNC(=O)c2cc[n+](CCC)cc2)cc1OC. The van der Waals surface area contributed by atoms with Crippen LogP contribution in [0.25, 0.3) is 0 Å². The van der Waals surface area contributed by atoms with Gasteiger partial charge < -0.3 is 14.8 Å². The highest BCUT2D eigenvalue weighted by Crippen LogP contribution is 2.28. The Morgan fingerprint density at radius 2 is 1.47 bits per heavy atom. The minimum atomic E-state index is -0.0797. The van der Waals surface area contributed by atoms with Gasteiger partial charge in [0.05, 0.1) is 19.3 Å². The summed E-state index contributed by atoms with van der Waals surface area (Å²) in [7, 11) is 1.65. The number of pyridine rings is 1. The monoisotopic (exact) mass is 469 g/mol. The molecule has 5 nitrogen and oxygen atoms in total. The highest BCUT2D eigenvalue weighted by Gasteiger charge is 2.10. The number of rotatable bonds is 18. The maximum Gasteiger partial charge on any atom is 0.252 e. The van der Waals surface area contributed by atoms with E-state index in [4.69, 9.17) is 9.47 Å². The zero-order valence-electron chi connectivity index (χ0n) is 21.6. The number of nitrogens with one attached hydrogen (secondary N) is 1. The molecule has 1 aromatic carbocycles. The summed E-state index contributed by atoms with van der Waals surface area (Å²) in [5, 5.41) is 2.98. The smallest absolute Gasteiger partial charge is 0.252 e. The molecule has 0 spiro atoms. The Morgan fingerprint density at radius 3 is 2.09 bits per heavy atom. The fraction of sp³-hybridized carbons (Fsp3) is 0.586. The van der Waals surface area contributed by atoms with E-state index in [9.17, 15) is 4.79 Å². The number of carbonyl (C=O) groups excluding carboxylic acids is 1. The maximum atomic E-state index is 12.5. The average Bonchev–Trinajstić information content (AvgIpc) is 2.86. The van der Waals surface area contributed by atoms with Crippen molar-refractivity contribution in [3.63, 3.8) is 0 Å². The number of nitrogens with zero attached hydrogens (tertiary/aromatic N) is 1. The second-order valence-corrected chi connectivity index (χ2v) is 9.02. The summed E-state index contributed by atoms with van der Waals surface area (Å²) < 4.78 is 13.6. The average molecular weight is 470 g/mol. The largest absolute Gasteiger partial charge is 0.493 e. The van der Waals surface area contributed by atoms with Gasteiger partial charge in [0.2, 0.25) is 0 Å². The van der Waals surface area contributed by atoms with Gasteiger partial charge in [0.15, 0.2) is 23.9 Å². The molecule has 1 heterocycles. The van der Waals surface area contributed by atoms with Crippen molar-refractivity contribution in [3.05, 3.63) is 53.9 Å². The van der Waals surface area contributed by atoms with E-state index in [1.54, 1.807) is 7.11 Å². The van der Waals surface area contributed by atoms with Crippen molar-refractivity contribution in [2.75, 3.05) is 13.7 Å². The van der Waals surface area contributed by atoms with Crippen LogP contribution in [0.15, 0.2) is 42.7 Å². The molecule has 1 aromatic heterocycles. The molecule has 0 atom stereocenters. The Labute approximate surface area is 206 Å². The van der Waals surface area contributed by atoms with Crippen LogP contribution in [0, 0.1) is 0 Å². The first-order valence-corrected chi connectivity index (χ1v) is 13.2. The van der Waals surface area contributed by atoms with Crippen LogP contribution < -0.4 is 19.4 Å². The van der Waals surface area contributed by atoms with Gasteiger partial charge in [0, 0.05) is 25.1 Å². The van der Waals surface area contributed by atoms with Gasteiger partial charge in [0.25, 0.3) is 5.91 Å². The number of carbonyl (C=O) groups is 1. The molecule has 0 aliphatic heterocycles. The summed E-state index contributed by atoms with van der Waals surface area (Å²) in [4.78, 5) is 12.5. The number of methoxy groups -OCH3 is 1. The van der Waals surface area contributed by atoms with Crippen molar-refractivity contribution in [1.29, 1.82) is 0 Å². The van der Waals surface area contributed by atoms with Gasteiger partial charge in [-0.3, -0.25) is 4.79 Å². The highest BCUT2D eigenvalue weighted by atomic mass is 16.5. The van der Waals surface area contributed by atoms with Crippen LogP contribution in [0.3, 0.4) is 0 Å². The molecule has 0 saturated heterocycles. The maximum absolute atomic E-state index is 12.5. The number of hydrogen-bond donors (Lipinski definition) is 1. The Balaban J connectivity index is 1.68. The van der Waals surface area contributed by atoms with Crippen LogP contribution in [0.4, 0.5) is 0 Å². The van der Waals surface area contributed by atoms with Crippen molar-refractivity contribution in [2.24, 2.45) is 0 Å². The Hall–Kier alpha value is -2.56. The molecule has 0 aliphatic rings. The number of benzene rings is 1. The van der Waals surface area contributed by atoms with Gasteiger partial charge in [-0.15, -0.1) is 0 Å². The summed E-state index contributed by atoms with van der Waals surface area (Å²) in [5.41, 5.74) is 1.64. The van der Waals surface area contributed by atoms with E-state index in [1.165, 1.54) is 57.8 Å². The van der Waals surface area contributed by atoms with Crippen LogP contribution in [0.1, 0.15) is 100 Å². The third-order valence-electron chi connectivity index (χ3n) is 6.07. The van der Waals surface area contributed by atoms with E-state index in [2.05, 4.69) is 23.7 Å². The first-order valence-electron chi connectivity index (χ1n) is 13.2. The first-order chi connectivity index (χ1) is 16.7. The molecule has 34 heavy (non-hydrogen) atoms. The van der Waals surface area contributed by atoms with E-state index in [0.29, 0.717) is 24.5 Å². The Bertz CT molecular complexity index is 821. The zero-order valence-corrected chi connectivity index (χ0v) is 21.6. The molecule has 0 bridgehead atoms. The van der Waals surface area contributed by atoms with E-state index in [0.717, 1.165) is 30.7 Å². The molecule has 2 rings (SSSR count). The van der Waals surface area contributed by atoms with E-state index >= 15 is 0 Å². The van der Waals surface area contributed by atoms with Crippen molar-refractivity contribution < 1.29 is 18.8 Å². The fourth-order valence-corrected chi connectivity index (χ4v) is 4.01. The third-order valence-corrected chi connectivity index (χ3v) is 6.07. The molecule has 0 radical (unpaired) electrons. The molecule has 0 aliphatic carbocycles. The Morgan fingerprint density at radius 1 is 0.824 bits per heavy atom. The first kappa shape index (κ1) is 27.7. The normalized spacial score (nSPS) is 10.8. The van der Waals surface area contributed by atoms with Gasteiger partial charge in [-0.25, -0.2) is 4.57 Å². The summed E-state index contributed by atoms with van der Waals surface area (Å²) in [6, 6.07) is 9.57. The molecule has 0 saturated carbocycles. The van der Waals surface area contributed by atoms with Crippen LogP contribution in [0.5, 0.6) is 11.5 Å². The molecular formula is C29H45N2O3+. The summed E-state index contributed by atoms with van der Waals surface area (Å²) in [5.74, 6) is 1.39. The van der Waals surface area contributed by atoms with Gasteiger partial charge in [-0.2, -0.15) is 0 Å². The van der Waals surface area contributed by atoms with E-state index in [-0.39, 0.29) is 5.91 Å². The Kier molecular flexibility index (Phi) is 13.8. The molecular weight excluding hydrogens is 424 g/mol. The van der Waals surface area contributed by atoms with Crippen LogP contribution >= 0.6 is 0 Å². The predicted octanol–water partition coefficient (Wildman–Crippen LogP) is 6.62. The molecule has 188 valence electrons. The minimum absolute atomic E-state index is 0.0797. The van der Waals surface area contributed by atoms with Gasteiger partial charge >= 0.3 is 0 Å². The van der Waals surface area contributed by atoms with Gasteiger partial charge in [0.1, 0.15) is 6.54 Å². The van der Waals surface area contributed by atoms with Crippen molar-refractivity contribution in [1.82, 2.24) is 5.32 Å². The number of aryl methyl sites for hydroxylation is 1. The lowest BCUT2D eigenvalue weighted by Gasteiger charge is -2.13. The molecule has 0 fully saturated rings. The van der Waals surface area contributed by atoms with E-state index < -0.39 is 0 Å². The minimum Gasteiger partial charge on any atom is -0.493 e. The fourth-order valence-electron chi connectivity index (χ4n) is 4.01. The van der Waals surface area contributed by atoms with Crippen molar-refractivity contribution >= 4 is 5.91 Å². The third kappa shape index (κ3) is 10.6. The van der Waals surface area contributed by atoms with Crippen LogP contribution in [-0.4, -0.2) is 19.6 Å². The number of aromatic nitrogens is 1. The molecule has 0 unspecified atom stereocenters. The molecule has 5 heteroatoms. The van der Waals surface area contributed by atoms with Crippen molar-refractivity contribution in [2.45, 2.75) is 97.6 Å². The molecule has 1 amide bonds. The highest BCUT2D eigenvalue weighted by molar-refractivity contribution is 5.93. The van der Waals surface area contributed by atoms with Crippen LogP contribution in [0.2, 0.25) is 0 Å². The lowest BCUT2D eigenvalue weighted by Crippen LogP contribution is -2.33. The molecule has 1 N–H and O–H groups in total. The quantitative estimate of drug-likeness (QED) is 0.197. The standard InChI is InChI=1S/C29H44N2O3/c1-4-6-7-8-9-10-11-12-13-14-22-34-27-16-15-25(23-28(27)33-3)24-30-29(32)26-17-20-31(19-5-2)21-18-26/h15-18,20-21,23H,4-14,19,22,24H2,1-3H3/p+1. The lowest BCUT2D eigenvalue weighted by molar-refractivity contribution is -0.697. The summed E-state index contributed by atoms with van der Waals surface area (Å²) in [6.07, 6.45) is 18.1. The topological polar surface area (TPSA) is 51.4 Å². The summed E-state index contributed by atoms with van der Waals surface area (Å²) in [6.45, 7) is 6.50. The number of unbranched alkanes of at least 4 members (excludes halogenated alkanes) is 9. The zero-order chi connectivity index (χ0) is 24.4. The lowest BCUT2D eigenvalue weighted by atomic mass is 10.1. The number of hydrogen-bond acceptors (Lipinski definition) is 3.